The Bertz CT molecular complexity index is 861. The van der Waals surface area contributed by atoms with Gasteiger partial charge < -0.3 is 4.74 Å². The van der Waals surface area contributed by atoms with Crippen LogP contribution in [0.4, 0.5) is 0 Å². The molecule has 1 aliphatic heterocycles. The summed E-state index contributed by atoms with van der Waals surface area (Å²) in [5, 5.41) is 0.591. The Balaban J connectivity index is 1.86. The number of rotatable bonds is 6. The number of hydrogen-bond donors (Lipinski definition) is 1. The first-order valence-corrected chi connectivity index (χ1v) is 10.9. The SMILES string of the molecule is CCC1(CC)CC(NS(=O)(=O)Cc2ccc(Cl)cc2)c2ccccc2O1. The van der Waals surface area contributed by atoms with Gasteiger partial charge in [-0.2, -0.15) is 0 Å². The van der Waals surface area contributed by atoms with Gasteiger partial charge >= 0.3 is 0 Å². The third-order valence-electron chi connectivity index (χ3n) is 5.08. The Hall–Kier alpha value is -1.56. The minimum atomic E-state index is -3.51. The number of benzene rings is 2. The lowest BCUT2D eigenvalue weighted by Gasteiger charge is -2.41. The fourth-order valence-corrected chi connectivity index (χ4v) is 4.95. The second kappa shape index (κ2) is 7.59. The van der Waals surface area contributed by atoms with Crippen LogP contribution < -0.4 is 9.46 Å². The summed E-state index contributed by atoms with van der Waals surface area (Å²) >= 11 is 5.88. The maximum atomic E-state index is 12.8. The van der Waals surface area contributed by atoms with Crippen molar-refractivity contribution in [3.8, 4) is 5.75 Å². The van der Waals surface area contributed by atoms with Gasteiger partial charge in [-0.3, -0.25) is 0 Å². The standard InChI is InChI=1S/C20H24ClNO3S/c1-3-20(4-2)13-18(17-7-5-6-8-19(17)25-20)22-26(23,24)14-15-9-11-16(21)12-10-15/h5-12,18,22H,3-4,13-14H2,1-2H3. The number of fused-ring (bicyclic) bond motifs is 1. The fraction of sp³-hybridized carbons (Fsp3) is 0.400. The third kappa shape index (κ3) is 4.22. The van der Waals surface area contributed by atoms with Crippen molar-refractivity contribution in [3.63, 3.8) is 0 Å². The van der Waals surface area contributed by atoms with Crippen LogP contribution in [0, 0.1) is 0 Å². The van der Waals surface area contributed by atoms with Crippen LogP contribution in [0.15, 0.2) is 48.5 Å². The molecule has 0 amide bonds. The maximum absolute atomic E-state index is 12.8. The highest BCUT2D eigenvalue weighted by Gasteiger charge is 2.39. The smallest absolute Gasteiger partial charge is 0.216 e. The Kier molecular flexibility index (Phi) is 5.61. The summed E-state index contributed by atoms with van der Waals surface area (Å²) in [5.74, 6) is 0.691. The molecule has 1 aliphatic rings. The molecule has 0 aromatic heterocycles. The molecule has 4 nitrogen and oxygen atoms in total. The molecule has 6 heteroatoms. The Labute approximate surface area is 160 Å². The van der Waals surface area contributed by atoms with E-state index in [4.69, 9.17) is 16.3 Å². The zero-order valence-electron chi connectivity index (χ0n) is 15.0. The summed E-state index contributed by atoms with van der Waals surface area (Å²) in [6.45, 7) is 4.16. The third-order valence-corrected chi connectivity index (χ3v) is 6.69. The van der Waals surface area contributed by atoms with Crippen molar-refractivity contribution in [3.05, 3.63) is 64.7 Å². The molecular weight excluding hydrogens is 370 g/mol. The van der Waals surface area contributed by atoms with Gasteiger partial charge in [0.1, 0.15) is 11.4 Å². The van der Waals surface area contributed by atoms with E-state index < -0.39 is 10.0 Å². The summed E-state index contributed by atoms with van der Waals surface area (Å²) in [6.07, 6.45) is 2.28. The molecule has 0 fully saturated rings. The van der Waals surface area contributed by atoms with Gasteiger partial charge in [0.05, 0.1) is 11.8 Å². The van der Waals surface area contributed by atoms with Crippen molar-refractivity contribution in [2.24, 2.45) is 0 Å². The number of ether oxygens (including phenoxy) is 1. The van der Waals surface area contributed by atoms with Crippen LogP contribution in [0.25, 0.3) is 0 Å². The highest BCUT2D eigenvalue weighted by molar-refractivity contribution is 7.88. The number of para-hydroxylation sites is 1. The van der Waals surface area contributed by atoms with Crippen LogP contribution in [0.1, 0.15) is 50.3 Å². The van der Waals surface area contributed by atoms with Gasteiger partial charge in [-0.15, -0.1) is 0 Å². The molecule has 1 atom stereocenters. The largest absolute Gasteiger partial charge is 0.487 e. The summed E-state index contributed by atoms with van der Waals surface area (Å²) in [5.41, 5.74) is 1.26. The number of hydrogen-bond acceptors (Lipinski definition) is 3. The molecular formula is C20H24ClNO3S. The summed E-state index contributed by atoms with van der Waals surface area (Å²) in [7, 11) is -3.51. The average Bonchev–Trinajstić information content (AvgIpc) is 2.63. The summed E-state index contributed by atoms with van der Waals surface area (Å²) in [6, 6.07) is 14.3. The van der Waals surface area contributed by atoms with E-state index in [0.29, 0.717) is 17.0 Å². The molecule has 140 valence electrons. The fourth-order valence-electron chi connectivity index (χ4n) is 3.46. The lowest BCUT2D eigenvalue weighted by molar-refractivity contribution is 0.0260. The normalized spacial score (nSPS) is 18.8. The van der Waals surface area contributed by atoms with Crippen LogP contribution in [0.2, 0.25) is 5.02 Å². The predicted octanol–water partition coefficient (Wildman–Crippen LogP) is 4.84. The molecule has 1 N–H and O–H groups in total. The van der Waals surface area contributed by atoms with E-state index >= 15 is 0 Å². The zero-order valence-corrected chi connectivity index (χ0v) is 16.6. The van der Waals surface area contributed by atoms with Gasteiger partial charge in [-0.05, 0) is 36.6 Å². The molecule has 0 radical (unpaired) electrons. The minimum absolute atomic E-state index is 0.0745. The topological polar surface area (TPSA) is 55.4 Å². The molecule has 2 aromatic carbocycles. The molecule has 0 aliphatic carbocycles. The average molecular weight is 394 g/mol. The second-order valence-corrected chi connectivity index (χ2v) is 8.98. The molecule has 1 heterocycles. The first-order chi connectivity index (χ1) is 12.4. The minimum Gasteiger partial charge on any atom is -0.487 e. The van der Waals surface area contributed by atoms with Crippen molar-refractivity contribution in [1.29, 1.82) is 0 Å². The maximum Gasteiger partial charge on any atom is 0.216 e. The molecule has 2 aromatic rings. The van der Waals surface area contributed by atoms with Crippen molar-refractivity contribution in [2.45, 2.75) is 50.5 Å². The van der Waals surface area contributed by atoms with E-state index in [1.54, 1.807) is 24.3 Å². The van der Waals surface area contributed by atoms with Gasteiger partial charge in [0.15, 0.2) is 0 Å². The lowest BCUT2D eigenvalue weighted by atomic mass is 9.84. The second-order valence-electron chi connectivity index (χ2n) is 6.79. The van der Waals surface area contributed by atoms with Crippen molar-refractivity contribution < 1.29 is 13.2 Å². The van der Waals surface area contributed by atoms with Gasteiger partial charge in [0.25, 0.3) is 0 Å². The monoisotopic (exact) mass is 393 g/mol. The van der Waals surface area contributed by atoms with Crippen LogP contribution in [0.3, 0.4) is 0 Å². The molecule has 1 unspecified atom stereocenters. The van der Waals surface area contributed by atoms with Crippen LogP contribution in [0.5, 0.6) is 5.75 Å². The quantitative estimate of drug-likeness (QED) is 0.763. The van der Waals surface area contributed by atoms with E-state index in [0.717, 1.165) is 24.2 Å². The number of halogens is 1. The molecule has 0 spiro atoms. The predicted molar refractivity (Wildman–Crippen MR) is 105 cm³/mol. The Morgan fingerprint density at radius 3 is 2.42 bits per heavy atom. The summed E-state index contributed by atoms with van der Waals surface area (Å²) in [4.78, 5) is 0. The van der Waals surface area contributed by atoms with Crippen LogP contribution in [-0.2, 0) is 15.8 Å². The van der Waals surface area contributed by atoms with Crippen molar-refractivity contribution >= 4 is 21.6 Å². The van der Waals surface area contributed by atoms with E-state index in [-0.39, 0.29) is 17.4 Å². The highest BCUT2D eigenvalue weighted by Crippen LogP contribution is 2.42. The van der Waals surface area contributed by atoms with Gasteiger partial charge in [0, 0.05) is 17.0 Å². The molecule has 0 bridgehead atoms. The van der Waals surface area contributed by atoms with E-state index in [9.17, 15) is 8.42 Å². The Morgan fingerprint density at radius 2 is 1.77 bits per heavy atom. The number of sulfonamides is 1. The summed E-state index contributed by atoms with van der Waals surface area (Å²) < 4.78 is 34.7. The first-order valence-electron chi connectivity index (χ1n) is 8.89. The molecule has 26 heavy (non-hydrogen) atoms. The number of nitrogens with one attached hydrogen (secondary N) is 1. The van der Waals surface area contributed by atoms with Gasteiger partial charge in [-0.1, -0.05) is 55.8 Å². The van der Waals surface area contributed by atoms with Crippen molar-refractivity contribution in [1.82, 2.24) is 4.72 Å². The first kappa shape index (κ1) is 19.2. The van der Waals surface area contributed by atoms with Crippen molar-refractivity contribution in [2.75, 3.05) is 0 Å². The molecule has 0 saturated carbocycles. The lowest BCUT2D eigenvalue weighted by Crippen LogP contribution is -2.44. The molecule has 0 saturated heterocycles. The van der Waals surface area contributed by atoms with Crippen LogP contribution >= 0.6 is 11.6 Å². The van der Waals surface area contributed by atoms with Crippen LogP contribution in [-0.4, -0.2) is 14.0 Å². The highest BCUT2D eigenvalue weighted by atomic mass is 35.5. The zero-order chi connectivity index (χ0) is 18.8. The van der Waals surface area contributed by atoms with Gasteiger partial charge in [0.2, 0.25) is 10.0 Å². The van der Waals surface area contributed by atoms with Gasteiger partial charge in [-0.25, -0.2) is 13.1 Å². The van der Waals surface area contributed by atoms with E-state index in [2.05, 4.69) is 18.6 Å². The van der Waals surface area contributed by atoms with E-state index in [1.165, 1.54) is 0 Å². The molecule has 3 rings (SSSR count). The van der Waals surface area contributed by atoms with E-state index in [1.807, 2.05) is 24.3 Å². The Morgan fingerprint density at radius 1 is 1.12 bits per heavy atom.